The molecule has 1 aromatic carbocycles. The molecule has 30 heavy (non-hydrogen) atoms. The second-order valence-corrected chi connectivity index (χ2v) is 9.43. The van der Waals surface area contributed by atoms with E-state index in [1.54, 1.807) is 0 Å². The highest BCUT2D eigenvalue weighted by Gasteiger charge is 2.35. The molecule has 2 aliphatic heterocycles. The molecule has 0 aromatic heterocycles. The number of hydrogen-bond acceptors (Lipinski definition) is 3. The van der Waals surface area contributed by atoms with Gasteiger partial charge in [0.1, 0.15) is 11.9 Å². The number of urea groups is 1. The minimum absolute atomic E-state index is 0.00869. The van der Waals surface area contributed by atoms with E-state index < -0.39 is 0 Å². The summed E-state index contributed by atoms with van der Waals surface area (Å²) >= 11 is 0. The van der Waals surface area contributed by atoms with Crippen molar-refractivity contribution in [3.05, 3.63) is 24.3 Å². The summed E-state index contributed by atoms with van der Waals surface area (Å²) in [6.07, 6.45) is 4.97. The van der Waals surface area contributed by atoms with E-state index in [0.29, 0.717) is 37.5 Å². The van der Waals surface area contributed by atoms with Gasteiger partial charge in [0.15, 0.2) is 0 Å². The molecule has 3 amide bonds. The lowest BCUT2D eigenvalue weighted by atomic mass is 9.78. The van der Waals surface area contributed by atoms with E-state index >= 15 is 0 Å². The summed E-state index contributed by atoms with van der Waals surface area (Å²) in [4.78, 5) is 29.8. The Morgan fingerprint density at radius 3 is 2.53 bits per heavy atom. The van der Waals surface area contributed by atoms with E-state index in [1.807, 2.05) is 41.0 Å². The highest BCUT2D eigenvalue weighted by molar-refractivity contribution is 5.94. The Hall–Kier alpha value is -2.24. The van der Waals surface area contributed by atoms with Crippen LogP contribution in [0.4, 0.5) is 10.5 Å². The lowest BCUT2D eigenvalue weighted by Crippen LogP contribution is -2.53. The monoisotopic (exact) mass is 413 g/mol. The standard InChI is InChI=1S/C24H35N3O3/c1-16-7-6-8-20(18(16)3)25-23(28)19-11-13-26(14-12-19)24(29)27-15-17(2)30-22-10-5-4-9-21(22)27/h4-5,9-10,16-20H,6-8,11-15H2,1-3H3,(H,25,28)/t16-,17-,18+,20-/m1/s1. The van der Waals surface area contributed by atoms with E-state index in [2.05, 4.69) is 19.2 Å². The van der Waals surface area contributed by atoms with E-state index in [4.69, 9.17) is 4.74 Å². The van der Waals surface area contributed by atoms with Gasteiger partial charge < -0.3 is 15.0 Å². The van der Waals surface area contributed by atoms with Crippen LogP contribution < -0.4 is 15.0 Å². The Bertz CT molecular complexity index is 775. The number of nitrogens with zero attached hydrogens (tertiary/aromatic N) is 2. The van der Waals surface area contributed by atoms with E-state index in [9.17, 15) is 9.59 Å². The first-order valence-corrected chi connectivity index (χ1v) is 11.6. The second kappa shape index (κ2) is 8.86. The number of anilines is 1. The average molecular weight is 414 g/mol. The fourth-order valence-electron chi connectivity index (χ4n) is 5.16. The summed E-state index contributed by atoms with van der Waals surface area (Å²) in [5, 5.41) is 3.33. The van der Waals surface area contributed by atoms with E-state index in [0.717, 1.165) is 30.7 Å². The number of carbonyl (C=O) groups is 2. The highest BCUT2D eigenvalue weighted by Crippen LogP contribution is 2.34. The Balaban J connectivity index is 1.33. The van der Waals surface area contributed by atoms with Gasteiger partial charge in [-0.3, -0.25) is 9.69 Å². The van der Waals surface area contributed by atoms with Gasteiger partial charge in [0.2, 0.25) is 5.91 Å². The number of fused-ring (bicyclic) bond motifs is 1. The van der Waals surface area contributed by atoms with Gasteiger partial charge in [-0.2, -0.15) is 0 Å². The molecule has 3 aliphatic rings. The highest BCUT2D eigenvalue weighted by atomic mass is 16.5. The van der Waals surface area contributed by atoms with Crippen LogP contribution in [0.5, 0.6) is 5.75 Å². The van der Waals surface area contributed by atoms with Crippen LogP contribution in [0.3, 0.4) is 0 Å². The maximum Gasteiger partial charge on any atom is 0.324 e. The molecule has 0 unspecified atom stereocenters. The fourth-order valence-corrected chi connectivity index (χ4v) is 5.16. The van der Waals surface area contributed by atoms with Crippen molar-refractivity contribution < 1.29 is 14.3 Å². The molecule has 2 heterocycles. The number of rotatable bonds is 2. The number of piperidine rings is 1. The van der Waals surface area contributed by atoms with Crippen LogP contribution in [0.25, 0.3) is 0 Å². The van der Waals surface area contributed by atoms with Gasteiger partial charge in [0.05, 0.1) is 12.2 Å². The minimum atomic E-state index is -0.0351. The molecule has 6 heteroatoms. The van der Waals surface area contributed by atoms with Crippen LogP contribution in [0.1, 0.15) is 52.9 Å². The maximum atomic E-state index is 13.2. The third-order valence-electron chi connectivity index (χ3n) is 7.33. The predicted octanol–water partition coefficient (Wildman–Crippen LogP) is 4.05. The Kier molecular flexibility index (Phi) is 6.21. The van der Waals surface area contributed by atoms with Crippen LogP contribution in [-0.4, -0.2) is 48.6 Å². The molecule has 4 rings (SSSR count). The van der Waals surface area contributed by atoms with Crippen LogP contribution in [0.2, 0.25) is 0 Å². The fraction of sp³-hybridized carbons (Fsp3) is 0.667. The van der Waals surface area contributed by atoms with Gasteiger partial charge >= 0.3 is 6.03 Å². The third-order valence-corrected chi connectivity index (χ3v) is 7.33. The number of nitrogens with one attached hydrogen (secondary N) is 1. The number of hydrogen-bond donors (Lipinski definition) is 1. The Morgan fingerprint density at radius 2 is 1.77 bits per heavy atom. The first kappa shape index (κ1) is 21.0. The van der Waals surface area contributed by atoms with E-state index in [-0.39, 0.29) is 24.0 Å². The molecule has 2 fully saturated rings. The molecule has 0 radical (unpaired) electrons. The van der Waals surface area contributed by atoms with Gasteiger partial charge in [-0.05, 0) is 50.2 Å². The molecule has 164 valence electrons. The SMILES string of the molecule is C[C@H]1[C@H](C)CCC[C@H]1NC(=O)C1CCN(C(=O)N2C[C@@H](C)Oc3ccccc32)CC1. The first-order valence-electron chi connectivity index (χ1n) is 11.6. The normalized spacial score (nSPS) is 29.7. The van der Waals surface area contributed by atoms with Crippen molar-refractivity contribution in [1.29, 1.82) is 0 Å². The molecule has 1 saturated carbocycles. The van der Waals surface area contributed by atoms with Crippen molar-refractivity contribution >= 4 is 17.6 Å². The molecule has 6 nitrogen and oxygen atoms in total. The molecular formula is C24H35N3O3. The quantitative estimate of drug-likeness (QED) is 0.796. The summed E-state index contributed by atoms with van der Waals surface area (Å²) in [6, 6.07) is 8.03. The lowest BCUT2D eigenvalue weighted by Gasteiger charge is -2.39. The molecule has 0 spiro atoms. The first-order chi connectivity index (χ1) is 14.4. The zero-order valence-corrected chi connectivity index (χ0v) is 18.5. The zero-order valence-electron chi connectivity index (χ0n) is 18.5. The molecule has 4 atom stereocenters. The molecule has 1 aromatic rings. The average Bonchev–Trinajstić information content (AvgIpc) is 2.76. The smallest absolute Gasteiger partial charge is 0.324 e. The summed E-state index contributed by atoms with van der Waals surface area (Å²) in [7, 11) is 0. The number of para-hydroxylation sites is 2. The number of ether oxygens (including phenoxy) is 1. The maximum absolute atomic E-state index is 13.2. The van der Waals surface area contributed by atoms with Crippen molar-refractivity contribution in [3.8, 4) is 5.75 Å². The van der Waals surface area contributed by atoms with Crippen molar-refractivity contribution in [2.24, 2.45) is 17.8 Å². The van der Waals surface area contributed by atoms with Crippen molar-refractivity contribution in [3.63, 3.8) is 0 Å². The van der Waals surface area contributed by atoms with Crippen LogP contribution in [-0.2, 0) is 4.79 Å². The predicted molar refractivity (Wildman–Crippen MR) is 118 cm³/mol. The largest absolute Gasteiger partial charge is 0.487 e. The third kappa shape index (κ3) is 4.28. The molecule has 0 bridgehead atoms. The van der Waals surface area contributed by atoms with Gasteiger partial charge in [-0.15, -0.1) is 0 Å². The molecule has 1 aliphatic carbocycles. The summed E-state index contributed by atoms with van der Waals surface area (Å²) in [5.41, 5.74) is 0.834. The number of benzene rings is 1. The van der Waals surface area contributed by atoms with Gasteiger partial charge in [0, 0.05) is 25.0 Å². The van der Waals surface area contributed by atoms with Gasteiger partial charge in [-0.1, -0.05) is 38.8 Å². The molecule has 1 saturated heterocycles. The van der Waals surface area contributed by atoms with Gasteiger partial charge in [0.25, 0.3) is 0 Å². The number of carbonyl (C=O) groups excluding carboxylic acids is 2. The topological polar surface area (TPSA) is 61.9 Å². The number of amides is 3. The molecule has 1 N–H and O–H groups in total. The van der Waals surface area contributed by atoms with Crippen molar-refractivity contribution in [2.45, 2.75) is 65.0 Å². The number of likely N-dealkylation sites (tertiary alicyclic amines) is 1. The molecular weight excluding hydrogens is 378 g/mol. The minimum Gasteiger partial charge on any atom is -0.487 e. The zero-order chi connectivity index (χ0) is 21.3. The van der Waals surface area contributed by atoms with Crippen molar-refractivity contribution in [2.75, 3.05) is 24.5 Å². The summed E-state index contributed by atoms with van der Waals surface area (Å²) in [5.74, 6) is 2.15. The second-order valence-electron chi connectivity index (χ2n) is 9.43. The van der Waals surface area contributed by atoms with Crippen LogP contribution in [0, 0.1) is 17.8 Å². The van der Waals surface area contributed by atoms with Crippen LogP contribution in [0.15, 0.2) is 24.3 Å². The lowest BCUT2D eigenvalue weighted by molar-refractivity contribution is -0.127. The van der Waals surface area contributed by atoms with E-state index in [1.165, 1.54) is 12.8 Å². The van der Waals surface area contributed by atoms with Crippen molar-refractivity contribution in [1.82, 2.24) is 10.2 Å². The van der Waals surface area contributed by atoms with Crippen LogP contribution >= 0.6 is 0 Å². The summed E-state index contributed by atoms with van der Waals surface area (Å²) in [6.45, 7) is 8.34. The van der Waals surface area contributed by atoms with Gasteiger partial charge in [-0.25, -0.2) is 4.79 Å². The Labute approximate surface area is 179 Å². The summed E-state index contributed by atoms with van der Waals surface area (Å²) < 4.78 is 5.87. The Morgan fingerprint density at radius 1 is 1.03 bits per heavy atom.